The largest absolute Gasteiger partial charge is 0.480 e. The average molecular weight is 233 g/mol. The summed E-state index contributed by atoms with van der Waals surface area (Å²) < 4.78 is 9.99. The Morgan fingerprint density at radius 2 is 2.00 bits per heavy atom. The topological polar surface area (TPSA) is 89.3 Å². The third-order valence-corrected chi connectivity index (χ3v) is 2.34. The minimum atomic E-state index is -3.01. The Kier molecular flexibility index (Phi) is 4.38. The van der Waals surface area contributed by atoms with Gasteiger partial charge in [0, 0.05) is 0 Å². The molecule has 1 atom stereocenters. The Bertz CT molecular complexity index is 198. The van der Waals surface area contributed by atoms with Crippen molar-refractivity contribution in [1.29, 1.82) is 0 Å². The molecule has 0 aliphatic heterocycles. The minimum absolute atomic E-state index is 0.191. The van der Waals surface area contributed by atoms with Crippen molar-refractivity contribution in [3.63, 3.8) is 0 Å². The van der Waals surface area contributed by atoms with Crippen molar-refractivity contribution < 1.29 is 14.3 Å². The van der Waals surface area contributed by atoms with E-state index in [-0.39, 0.29) is 19.4 Å². The van der Waals surface area contributed by atoms with Crippen molar-refractivity contribution in [3.05, 3.63) is 0 Å². The fourth-order valence-corrected chi connectivity index (χ4v) is 1.10. The number of nitrogens with two attached hydrogens (primary N) is 2. The Morgan fingerprint density at radius 3 is 2.23 bits per heavy atom. The molecule has 78 valence electrons. The van der Waals surface area contributed by atoms with E-state index in [9.17, 15) is 9.18 Å². The molecule has 0 aliphatic rings. The first-order valence-corrected chi connectivity index (χ1v) is 4.30. The highest BCUT2D eigenvalue weighted by Crippen LogP contribution is 2.36. The first kappa shape index (κ1) is 12.9. The maximum atomic E-state index is 13.0. The second-order valence-electron chi connectivity index (χ2n) is 2.67. The summed E-state index contributed by atoms with van der Waals surface area (Å²) in [6.45, 7) is 0.191. The summed E-state index contributed by atoms with van der Waals surface area (Å²) in [5.41, 5.74) is 8.02. The van der Waals surface area contributed by atoms with Gasteiger partial charge in [0.1, 0.15) is 0 Å². The lowest BCUT2D eigenvalue weighted by molar-refractivity contribution is -0.145. The number of hydrogen-bond acceptors (Lipinski definition) is 3. The summed E-state index contributed by atoms with van der Waals surface area (Å²) in [7, 11) is 0. The van der Waals surface area contributed by atoms with Crippen LogP contribution in [0.2, 0.25) is 0 Å². The van der Waals surface area contributed by atoms with E-state index < -0.39 is 16.1 Å². The van der Waals surface area contributed by atoms with Crippen molar-refractivity contribution in [3.8, 4) is 0 Å². The molecule has 0 aliphatic carbocycles. The van der Waals surface area contributed by atoms with E-state index in [4.69, 9.17) is 39.8 Å². The van der Waals surface area contributed by atoms with Crippen LogP contribution in [0.1, 0.15) is 12.8 Å². The van der Waals surface area contributed by atoms with Gasteiger partial charge < -0.3 is 16.6 Å². The van der Waals surface area contributed by atoms with Gasteiger partial charge in [0.2, 0.25) is 0 Å². The van der Waals surface area contributed by atoms with Gasteiger partial charge in [-0.3, -0.25) is 0 Å². The van der Waals surface area contributed by atoms with Crippen LogP contribution >= 0.6 is 23.2 Å². The molecule has 0 aromatic heterocycles. The van der Waals surface area contributed by atoms with Crippen LogP contribution in [0.5, 0.6) is 0 Å². The quantitative estimate of drug-likeness (QED) is 0.607. The molecule has 5 N–H and O–H groups in total. The second-order valence-corrected chi connectivity index (χ2v) is 3.90. The van der Waals surface area contributed by atoms with Crippen molar-refractivity contribution in [1.82, 2.24) is 0 Å². The molecule has 0 radical (unpaired) electrons. The zero-order valence-electron chi connectivity index (χ0n) is 6.77. The number of rotatable bonds is 5. The summed E-state index contributed by atoms with van der Waals surface area (Å²) >= 11 is 10.0. The van der Waals surface area contributed by atoms with Gasteiger partial charge in [-0.2, -0.15) is 0 Å². The first-order chi connectivity index (χ1) is 5.75. The van der Waals surface area contributed by atoms with Gasteiger partial charge >= 0.3 is 5.97 Å². The molecule has 0 saturated carbocycles. The normalized spacial score (nSPS) is 16.7. The number of carbonyl (C=O) groups is 1. The molecule has 0 aromatic rings. The van der Waals surface area contributed by atoms with Crippen LogP contribution in [0.25, 0.3) is 0 Å². The zero-order valence-corrected chi connectivity index (χ0v) is 8.28. The van der Waals surface area contributed by atoms with E-state index in [0.29, 0.717) is 0 Å². The molecule has 0 fully saturated rings. The predicted octanol–water partition coefficient (Wildman–Crippen LogP) is 0.608. The molecule has 0 amide bonds. The van der Waals surface area contributed by atoms with Gasteiger partial charge in [-0.05, 0) is 19.4 Å². The van der Waals surface area contributed by atoms with Crippen LogP contribution in [-0.4, -0.2) is 27.7 Å². The van der Waals surface area contributed by atoms with E-state index in [0.717, 1.165) is 0 Å². The Labute approximate surface area is 85.0 Å². The molecule has 0 aromatic carbocycles. The van der Waals surface area contributed by atoms with E-state index >= 15 is 0 Å². The minimum Gasteiger partial charge on any atom is -0.480 e. The monoisotopic (exact) mass is 232 g/mol. The van der Waals surface area contributed by atoms with Crippen molar-refractivity contribution >= 4 is 29.2 Å². The van der Waals surface area contributed by atoms with Crippen LogP contribution in [0.15, 0.2) is 0 Å². The smallest absolute Gasteiger partial charge is 0.329 e. The van der Waals surface area contributed by atoms with Crippen molar-refractivity contribution in [2.24, 2.45) is 11.5 Å². The highest BCUT2D eigenvalue weighted by Gasteiger charge is 2.53. The van der Waals surface area contributed by atoms with Crippen LogP contribution < -0.4 is 11.5 Å². The molecule has 4 nitrogen and oxygen atoms in total. The summed E-state index contributed by atoms with van der Waals surface area (Å²) in [6.07, 6.45) is 0.0102. The molecular formula is C6H11Cl2FN2O2. The lowest BCUT2D eigenvalue weighted by Crippen LogP contribution is -2.58. The Morgan fingerprint density at radius 1 is 1.54 bits per heavy atom. The van der Waals surface area contributed by atoms with E-state index in [2.05, 4.69) is 0 Å². The van der Waals surface area contributed by atoms with Crippen LogP contribution in [0, 0.1) is 0 Å². The molecule has 0 saturated heterocycles. The maximum absolute atomic E-state index is 13.0. The van der Waals surface area contributed by atoms with Crippen LogP contribution in [0.4, 0.5) is 4.39 Å². The molecule has 7 heteroatoms. The van der Waals surface area contributed by atoms with Gasteiger partial charge in [-0.15, -0.1) is 0 Å². The van der Waals surface area contributed by atoms with Gasteiger partial charge in [-0.1, -0.05) is 23.2 Å². The standard InChI is InChI=1S/C6H11Cl2FN2O2/c7-6(8,9)5(11,4(12)13)2-1-3-10/h1-3,10-11H2,(H,12,13)/t5-/m1/s1. The van der Waals surface area contributed by atoms with Crippen LogP contribution in [-0.2, 0) is 4.79 Å². The predicted molar refractivity (Wildman–Crippen MR) is 48.4 cm³/mol. The summed E-state index contributed by atoms with van der Waals surface area (Å²) in [6, 6.07) is 0. The fourth-order valence-electron chi connectivity index (χ4n) is 0.751. The highest BCUT2D eigenvalue weighted by atomic mass is 35.5. The second kappa shape index (κ2) is 4.41. The Balaban J connectivity index is 4.64. The maximum Gasteiger partial charge on any atom is 0.329 e. The number of aliphatic carboxylic acids is 1. The SMILES string of the molecule is NCCC[C@@](N)(C(=O)O)C(F)(Cl)Cl. The molecule has 0 rings (SSSR count). The van der Waals surface area contributed by atoms with E-state index in [1.165, 1.54) is 0 Å². The molecule has 0 bridgehead atoms. The van der Waals surface area contributed by atoms with Crippen LogP contribution in [0.3, 0.4) is 0 Å². The number of halogens is 3. The third kappa shape index (κ3) is 2.95. The lowest BCUT2D eigenvalue weighted by atomic mass is 9.96. The molecule has 0 spiro atoms. The van der Waals surface area contributed by atoms with Crippen molar-refractivity contribution in [2.75, 3.05) is 6.54 Å². The van der Waals surface area contributed by atoms with Gasteiger partial charge in [0.05, 0.1) is 0 Å². The lowest BCUT2D eigenvalue weighted by Gasteiger charge is -2.29. The summed E-state index contributed by atoms with van der Waals surface area (Å²) in [5.74, 6) is -1.59. The molecule has 0 heterocycles. The van der Waals surface area contributed by atoms with E-state index in [1.54, 1.807) is 0 Å². The van der Waals surface area contributed by atoms with Gasteiger partial charge in [-0.25, -0.2) is 9.18 Å². The number of carboxylic acids is 1. The molecule has 0 unspecified atom stereocenters. The van der Waals surface area contributed by atoms with Gasteiger partial charge in [0.25, 0.3) is 4.59 Å². The average Bonchev–Trinajstić information content (AvgIpc) is 1.97. The van der Waals surface area contributed by atoms with Gasteiger partial charge in [0.15, 0.2) is 5.54 Å². The number of carboxylic acid groups (broad SMARTS) is 1. The summed E-state index contributed by atoms with van der Waals surface area (Å²) in [5, 5.41) is 8.62. The Hall–Kier alpha value is -0.100. The fraction of sp³-hybridized carbons (Fsp3) is 0.833. The van der Waals surface area contributed by atoms with E-state index in [1.807, 2.05) is 0 Å². The highest BCUT2D eigenvalue weighted by molar-refractivity contribution is 6.49. The number of alkyl halides is 3. The number of hydrogen-bond donors (Lipinski definition) is 3. The zero-order chi connectivity index (χ0) is 10.7. The molecule has 13 heavy (non-hydrogen) atoms. The van der Waals surface area contributed by atoms with Crippen molar-refractivity contribution in [2.45, 2.75) is 23.0 Å². The first-order valence-electron chi connectivity index (χ1n) is 3.55. The molecular weight excluding hydrogens is 222 g/mol. The summed E-state index contributed by atoms with van der Waals surface area (Å²) in [4.78, 5) is 10.6. The third-order valence-electron chi connectivity index (χ3n) is 1.66.